The van der Waals surface area contributed by atoms with Gasteiger partial charge in [0.15, 0.2) is 0 Å². The lowest BCUT2D eigenvalue weighted by Crippen LogP contribution is -2.36. The molecular formula is C14H22FNO. The highest BCUT2D eigenvalue weighted by molar-refractivity contribution is 5.18. The zero-order valence-corrected chi connectivity index (χ0v) is 10.7. The fourth-order valence-corrected chi connectivity index (χ4v) is 1.73. The van der Waals surface area contributed by atoms with Gasteiger partial charge in [-0.2, -0.15) is 0 Å². The molecule has 1 aromatic rings. The van der Waals surface area contributed by atoms with E-state index in [0.717, 1.165) is 18.5 Å². The average Bonchev–Trinajstić information content (AvgIpc) is 2.35. The van der Waals surface area contributed by atoms with Gasteiger partial charge in [0.1, 0.15) is 5.82 Å². The maximum Gasteiger partial charge on any atom is 0.126 e. The van der Waals surface area contributed by atoms with Crippen molar-refractivity contribution in [1.29, 1.82) is 0 Å². The van der Waals surface area contributed by atoms with E-state index in [1.54, 1.807) is 6.07 Å². The molecule has 1 atom stereocenters. The van der Waals surface area contributed by atoms with Gasteiger partial charge in [-0.1, -0.05) is 25.1 Å². The molecule has 0 aliphatic carbocycles. The second-order valence-corrected chi connectivity index (χ2v) is 4.11. The molecule has 1 aromatic carbocycles. The molecule has 0 aromatic heterocycles. The van der Waals surface area contributed by atoms with E-state index in [0.29, 0.717) is 19.6 Å². The van der Waals surface area contributed by atoms with Crippen LogP contribution in [-0.2, 0) is 11.2 Å². The van der Waals surface area contributed by atoms with Gasteiger partial charge >= 0.3 is 0 Å². The van der Waals surface area contributed by atoms with Gasteiger partial charge in [0.2, 0.25) is 0 Å². The van der Waals surface area contributed by atoms with E-state index < -0.39 is 0 Å². The van der Waals surface area contributed by atoms with Crippen molar-refractivity contribution in [2.75, 3.05) is 19.8 Å². The van der Waals surface area contributed by atoms with E-state index in [9.17, 15) is 4.39 Å². The minimum absolute atomic E-state index is 0.132. The Balaban J connectivity index is 2.55. The van der Waals surface area contributed by atoms with E-state index in [2.05, 4.69) is 12.2 Å². The lowest BCUT2D eigenvalue weighted by atomic mass is 10.1. The summed E-state index contributed by atoms with van der Waals surface area (Å²) in [5.74, 6) is -0.132. The van der Waals surface area contributed by atoms with Crippen molar-refractivity contribution in [1.82, 2.24) is 5.32 Å². The van der Waals surface area contributed by atoms with Crippen LogP contribution in [-0.4, -0.2) is 25.8 Å². The number of rotatable bonds is 8. The standard InChI is InChI=1S/C14H22FNO/c1-3-9-16-13(11-17-4-2)10-12-7-5-6-8-14(12)15/h5-8,13,16H,3-4,9-11H2,1-2H3. The van der Waals surface area contributed by atoms with E-state index in [1.807, 2.05) is 19.1 Å². The normalized spacial score (nSPS) is 12.6. The predicted octanol–water partition coefficient (Wildman–Crippen LogP) is 2.77. The highest BCUT2D eigenvalue weighted by Crippen LogP contribution is 2.09. The summed E-state index contributed by atoms with van der Waals surface area (Å²) in [5.41, 5.74) is 0.751. The van der Waals surface area contributed by atoms with Gasteiger partial charge in [-0.25, -0.2) is 4.39 Å². The van der Waals surface area contributed by atoms with Gasteiger partial charge < -0.3 is 10.1 Å². The Morgan fingerprint density at radius 3 is 2.71 bits per heavy atom. The zero-order chi connectivity index (χ0) is 12.5. The Kier molecular flexibility index (Phi) is 6.82. The molecule has 0 saturated heterocycles. The molecule has 3 heteroatoms. The Labute approximate surface area is 103 Å². The SMILES string of the molecule is CCCNC(COCC)Cc1ccccc1F. The summed E-state index contributed by atoms with van der Waals surface area (Å²) in [5, 5.41) is 3.39. The highest BCUT2D eigenvalue weighted by atomic mass is 19.1. The van der Waals surface area contributed by atoms with Crippen LogP contribution in [0.1, 0.15) is 25.8 Å². The summed E-state index contributed by atoms with van der Waals surface area (Å²) in [4.78, 5) is 0. The Hall–Kier alpha value is -0.930. The molecule has 1 N–H and O–H groups in total. The number of hydrogen-bond acceptors (Lipinski definition) is 2. The van der Waals surface area contributed by atoms with E-state index in [4.69, 9.17) is 4.74 Å². The molecule has 96 valence electrons. The van der Waals surface area contributed by atoms with Gasteiger partial charge in [0, 0.05) is 12.6 Å². The quantitative estimate of drug-likeness (QED) is 0.753. The van der Waals surface area contributed by atoms with Crippen LogP contribution >= 0.6 is 0 Å². The van der Waals surface area contributed by atoms with Crippen LogP contribution in [0.2, 0.25) is 0 Å². The zero-order valence-electron chi connectivity index (χ0n) is 10.7. The van der Waals surface area contributed by atoms with Crippen molar-refractivity contribution in [3.05, 3.63) is 35.6 Å². The molecule has 0 aliphatic heterocycles. The number of nitrogens with one attached hydrogen (secondary N) is 1. The molecule has 0 spiro atoms. The van der Waals surface area contributed by atoms with Crippen LogP contribution in [0.3, 0.4) is 0 Å². The minimum atomic E-state index is -0.132. The Morgan fingerprint density at radius 2 is 2.06 bits per heavy atom. The van der Waals surface area contributed by atoms with Gasteiger partial charge in [-0.05, 0) is 37.9 Å². The van der Waals surface area contributed by atoms with Crippen LogP contribution in [0.15, 0.2) is 24.3 Å². The smallest absolute Gasteiger partial charge is 0.126 e. The summed E-state index contributed by atoms with van der Waals surface area (Å²) in [6, 6.07) is 7.12. The molecule has 0 bridgehead atoms. The maximum atomic E-state index is 13.5. The topological polar surface area (TPSA) is 21.3 Å². The molecule has 0 radical (unpaired) electrons. The van der Waals surface area contributed by atoms with Gasteiger partial charge in [-0.15, -0.1) is 0 Å². The summed E-state index contributed by atoms with van der Waals surface area (Å²) in [7, 11) is 0. The van der Waals surface area contributed by atoms with Crippen LogP contribution in [0.25, 0.3) is 0 Å². The van der Waals surface area contributed by atoms with Crippen molar-refractivity contribution in [3.8, 4) is 0 Å². The molecule has 17 heavy (non-hydrogen) atoms. The highest BCUT2D eigenvalue weighted by Gasteiger charge is 2.11. The van der Waals surface area contributed by atoms with Crippen molar-refractivity contribution in [2.24, 2.45) is 0 Å². The Bertz CT molecular complexity index is 309. The fraction of sp³-hybridized carbons (Fsp3) is 0.571. The van der Waals surface area contributed by atoms with Gasteiger partial charge in [0.05, 0.1) is 6.61 Å². The van der Waals surface area contributed by atoms with Crippen LogP contribution in [0.4, 0.5) is 4.39 Å². The summed E-state index contributed by atoms with van der Waals surface area (Å²) in [6.07, 6.45) is 1.74. The lowest BCUT2D eigenvalue weighted by Gasteiger charge is -2.18. The number of ether oxygens (including phenoxy) is 1. The second-order valence-electron chi connectivity index (χ2n) is 4.11. The molecule has 0 amide bonds. The molecule has 1 unspecified atom stereocenters. The number of halogens is 1. The first-order valence-corrected chi connectivity index (χ1v) is 6.32. The third-order valence-corrected chi connectivity index (χ3v) is 2.63. The van der Waals surface area contributed by atoms with Crippen LogP contribution in [0, 0.1) is 5.82 Å². The molecule has 0 aliphatic rings. The first-order valence-electron chi connectivity index (χ1n) is 6.32. The fourth-order valence-electron chi connectivity index (χ4n) is 1.73. The number of hydrogen-bond donors (Lipinski definition) is 1. The molecule has 0 saturated carbocycles. The predicted molar refractivity (Wildman–Crippen MR) is 68.7 cm³/mol. The maximum absolute atomic E-state index is 13.5. The second kappa shape index (κ2) is 8.20. The van der Waals surface area contributed by atoms with E-state index >= 15 is 0 Å². The van der Waals surface area contributed by atoms with Crippen LogP contribution < -0.4 is 5.32 Å². The minimum Gasteiger partial charge on any atom is -0.380 e. The summed E-state index contributed by atoms with van der Waals surface area (Å²) in [6.45, 7) is 6.35. The van der Waals surface area contributed by atoms with Crippen molar-refractivity contribution in [2.45, 2.75) is 32.7 Å². The summed E-state index contributed by atoms with van der Waals surface area (Å²) < 4.78 is 18.9. The molecular weight excluding hydrogens is 217 g/mol. The van der Waals surface area contributed by atoms with Crippen molar-refractivity contribution in [3.63, 3.8) is 0 Å². The molecule has 0 heterocycles. The third-order valence-electron chi connectivity index (χ3n) is 2.63. The molecule has 1 rings (SSSR count). The Morgan fingerprint density at radius 1 is 1.29 bits per heavy atom. The lowest BCUT2D eigenvalue weighted by molar-refractivity contribution is 0.122. The largest absolute Gasteiger partial charge is 0.380 e. The van der Waals surface area contributed by atoms with Crippen molar-refractivity contribution >= 4 is 0 Å². The summed E-state index contributed by atoms with van der Waals surface area (Å²) >= 11 is 0. The molecule has 2 nitrogen and oxygen atoms in total. The van der Waals surface area contributed by atoms with Gasteiger partial charge in [0.25, 0.3) is 0 Å². The van der Waals surface area contributed by atoms with Crippen molar-refractivity contribution < 1.29 is 9.13 Å². The first kappa shape index (κ1) is 14.1. The monoisotopic (exact) mass is 239 g/mol. The van der Waals surface area contributed by atoms with E-state index in [1.165, 1.54) is 6.07 Å². The third kappa shape index (κ3) is 5.29. The first-order chi connectivity index (χ1) is 8.27. The van der Waals surface area contributed by atoms with E-state index in [-0.39, 0.29) is 11.9 Å². The van der Waals surface area contributed by atoms with Crippen LogP contribution in [0.5, 0.6) is 0 Å². The number of benzene rings is 1. The van der Waals surface area contributed by atoms with Gasteiger partial charge in [-0.3, -0.25) is 0 Å². The molecule has 0 fully saturated rings. The average molecular weight is 239 g/mol.